The fraction of sp³-hybridized carbons (Fsp3) is 0. The van der Waals surface area contributed by atoms with E-state index in [0.717, 1.165) is 10.8 Å². The van der Waals surface area contributed by atoms with E-state index in [4.69, 9.17) is 4.42 Å². The fourth-order valence-electron chi connectivity index (χ4n) is 4.67. The van der Waals surface area contributed by atoms with Gasteiger partial charge in [0.1, 0.15) is 16.9 Å². The van der Waals surface area contributed by atoms with Crippen molar-refractivity contribution in [3.63, 3.8) is 0 Å². The van der Waals surface area contributed by atoms with E-state index in [-0.39, 0.29) is 16.7 Å². The Morgan fingerprint density at radius 3 is 2.06 bits per heavy atom. The molecule has 33 heavy (non-hydrogen) atoms. The third kappa shape index (κ3) is 2.72. The van der Waals surface area contributed by atoms with Crippen LogP contribution in [0.2, 0.25) is 0 Å². The molecule has 0 saturated heterocycles. The van der Waals surface area contributed by atoms with Gasteiger partial charge in [-0.3, -0.25) is 4.79 Å². The number of hydrogen-bond acceptors (Lipinski definition) is 4. The van der Waals surface area contributed by atoms with Gasteiger partial charge in [-0.2, -0.15) is 0 Å². The molecule has 0 amide bonds. The minimum Gasteiger partial charge on any atom is -0.507 e. The van der Waals surface area contributed by atoms with Crippen LogP contribution in [-0.2, 0) is 0 Å². The number of aromatic hydroxyl groups is 1. The smallest absolute Gasteiger partial charge is 0.336 e. The summed E-state index contributed by atoms with van der Waals surface area (Å²) in [6.45, 7) is 0. The molecular weight excluding hydrogens is 416 g/mol. The highest BCUT2D eigenvalue weighted by molar-refractivity contribution is 6.21. The van der Waals surface area contributed by atoms with Gasteiger partial charge in [-0.05, 0) is 46.7 Å². The lowest BCUT2D eigenvalue weighted by Crippen LogP contribution is -2.02. The summed E-state index contributed by atoms with van der Waals surface area (Å²) in [5, 5.41) is 24.3. The summed E-state index contributed by atoms with van der Waals surface area (Å²) >= 11 is 0. The highest BCUT2D eigenvalue weighted by Gasteiger charge is 2.21. The predicted molar refractivity (Wildman–Crippen MR) is 129 cm³/mol. The van der Waals surface area contributed by atoms with Crippen LogP contribution in [-0.4, -0.2) is 16.2 Å². The first kappa shape index (κ1) is 19.1. The van der Waals surface area contributed by atoms with Crippen LogP contribution in [0.25, 0.3) is 54.6 Å². The second kappa shape index (κ2) is 6.93. The van der Waals surface area contributed by atoms with Gasteiger partial charge in [-0.15, -0.1) is 0 Å². The monoisotopic (exact) mass is 432 g/mol. The molecule has 0 spiro atoms. The molecule has 0 saturated carbocycles. The van der Waals surface area contributed by atoms with Gasteiger partial charge < -0.3 is 14.6 Å². The first-order valence-corrected chi connectivity index (χ1v) is 10.4. The Hall–Kier alpha value is -4.64. The maximum absolute atomic E-state index is 12.9. The zero-order valence-corrected chi connectivity index (χ0v) is 17.2. The van der Waals surface area contributed by atoms with Gasteiger partial charge in [-0.25, -0.2) is 4.79 Å². The molecule has 2 N–H and O–H groups in total. The van der Waals surface area contributed by atoms with Crippen molar-refractivity contribution >= 4 is 49.5 Å². The van der Waals surface area contributed by atoms with Gasteiger partial charge in [0.2, 0.25) is 0 Å². The van der Waals surface area contributed by atoms with Gasteiger partial charge in [0.05, 0.1) is 16.3 Å². The largest absolute Gasteiger partial charge is 0.507 e. The molecule has 5 nitrogen and oxygen atoms in total. The van der Waals surface area contributed by atoms with Gasteiger partial charge in [0, 0.05) is 16.3 Å². The average Bonchev–Trinajstić information content (AvgIpc) is 2.82. The number of phenolic OH excluding ortho intramolecular Hbond substituents is 1. The van der Waals surface area contributed by atoms with Crippen LogP contribution >= 0.6 is 0 Å². The van der Waals surface area contributed by atoms with Crippen molar-refractivity contribution in [2.75, 3.05) is 0 Å². The molecule has 158 valence electrons. The summed E-state index contributed by atoms with van der Waals surface area (Å²) in [6, 6.07) is 24.4. The average molecular weight is 432 g/mol. The van der Waals surface area contributed by atoms with E-state index in [1.54, 1.807) is 42.5 Å². The van der Waals surface area contributed by atoms with Crippen LogP contribution in [0.1, 0.15) is 10.4 Å². The molecule has 0 radical (unpaired) electrons. The third-order valence-corrected chi connectivity index (χ3v) is 6.11. The lowest BCUT2D eigenvalue weighted by atomic mass is 9.91. The lowest BCUT2D eigenvalue weighted by molar-refractivity contribution is 0.0697. The molecule has 6 rings (SSSR count). The van der Waals surface area contributed by atoms with E-state index in [1.807, 2.05) is 36.4 Å². The van der Waals surface area contributed by atoms with Crippen LogP contribution in [0.15, 0.2) is 94.1 Å². The molecule has 1 aromatic heterocycles. The van der Waals surface area contributed by atoms with Crippen molar-refractivity contribution in [1.29, 1.82) is 0 Å². The van der Waals surface area contributed by atoms with E-state index in [1.165, 1.54) is 6.07 Å². The number of fused-ring (bicyclic) bond motifs is 6. The summed E-state index contributed by atoms with van der Waals surface area (Å²) in [5.41, 5.74) is 1.84. The Morgan fingerprint density at radius 1 is 0.697 bits per heavy atom. The summed E-state index contributed by atoms with van der Waals surface area (Å²) in [7, 11) is 0. The Morgan fingerprint density at radius 2 is 1.33 bits per heavy atom. The van der Waals surface area contributed by atoms with Gasteiger partial charge in [-0.1, -0.05) is 54.6 Å². The molecule has 6 aromatic rings. The Labute approximate surface area is 186 Å². The molecule has 0 fully saturated rings. The normalized spacial score (nSPS) is 11.5. The van der Waals surface area contributed by atoms with Crippen LogP contribution in [0, 0.1) is 0 Å². The number of aromatic carboxylic acids is 1. The standard InChI is InChI=1S/C28H16O5/c29-21-9-3-5-15-11-13-19-25(17-7-1-2-8-18(17)28(31)32)20-14-12-16-6-4-10-22(30)24(16)27(20)33-26(19)23(15)21/h1-14,29H,(H,31,32). The maximum Gasteiger partial charge on any atom is 0.336 e. The van der Waals surface area contributed by atoms with Crippen molar-refractivity contribution in [2.45, 2.75) is 0 Å². The summed E-state index contributed by atoms with van der Waals surface area (Å²) in [6.07, 6.45) is 0. The fourth-order valence-corrected chi connectivity index (χ4v) is 4.67. The molecule has 0 bridgehead atoms. The minimum absolute atomic E-state index is 0.0428. The molecule has 1 heterocycles. The number of carboxylic acids is 1. The van der Waals surface area contributed by atoms with Crippen molar-refractivity contribution in [2.24, 2.45) is 0 Å². The number of carboxylic acid groups (broad SMARTS) is 1. The zero-order valence-electron chi connectivity index (χ0n) is 17.2. The van der Waals surface area contributed by atoms with Crippen molar-refractivity contribution in [1.82, 2.24) is 0 Å². The molecule has 0 unspecified atom stereocenters. The minimum atomic E-state index is -1.05. The highest BCUT2D eigenvalue weighted by atomic mass is 16.4. The van der Waals surface area contributed by atoms with E-state index < -0.39 is 5.97 Å². The van der Waals surface area contributed by atoms with Gasteiger partial charge in [0.25, 0.3) is 0 Å². The lowest BCUT2D eigenvalue weighted by Gasteiger charge is -2.16. The topological polar surface area (TPSA) is 87.7 Å². The second-order valence-electron chi connectivity index (χ2n) is 7.94. The first-order chi connectivity index (χ1) is 16.0. The molecule has 5 heteroatoms. The predicted octanol–water partition coefficient (Wildman–Crippen LogP) is 6.32. The zero-order chi connectivity index (χ0) is 22.7. The van der Waals surface area contributed by atoms with Crippen LogP contribution in [0.5, 0.6) is 5.75 Å². The maximum atomic E-state index is 12.9. The van der Waals surface area contributed by atoms with Crippen molar-refractivity contribution < 1.29 is 19.4 Å². The molecule has 0 aliphatic rings. The quantitative estimate of drug-likeness (QED) is 0.247. The number of hydrogen-bond donors (Lipinski definition) is 2. The number of rotatable bonds is 2. The van der Waals surface area contributed by atoms with E-state index >= 15 is 0 Å². The first-order valence-electron chi connectivity index (χ1n) is 10.4. The third-order valence-electron chi connectivity index (χ3n) is 6.11. The van der Waals surface area contributed by atoms with Gasteiger partial charge in [0.15, 0.2) is 5.43 Å². The molecular formula is C28H16O5. The number of carbonyl (C=O) groups is 1. The molecule has 0 aliphatic heterocycles. The van der Waals surface area contributed by atoms with Crippen LogP contribution in [0.4, 0.5) is 0 Å². The van der Waals surface area contributed by atoms with E-state index in [9.17, 15) is 19.8 Å². The van der Waals surface area contributed by atoms with E-state index in [2.05, 4.69) is 0 Å². The Balaban J connectivity index is 1.96. The summed E-state index contributed by atoms with van der Waals surface area (Å²) in [5.74, 6) is -1.01. The van der Waals surface area contributed by atoms with Crippen molar-refractivity contribution in [3.05, 3.63) is 101 Å². The summed E-state index contributed by atoms with van der Waals surface area (Å²) < 4.78 is 6.39. The Bertz CT molecular complexity index is 1830. The number of phenols is 1. The Kier molecular flexibility index (Phi) is 4.01. The van der Waals surface area contributed by atoms with Gasteiger partial charge >= 0.3 is 5.97 Å². The van der Waals surface area contributed by atoms with Crippen LogP contribution in [0.3, 0.4) is 0 Å². The second-order valence-corrected chi connectivity index (χ2v) is 7.94. The van der Waals surface area contributed by atoms with Crippen LogP contribution < -0.4 is 5.43 Å². The van der Waals surface area contributed by atoms with Crippen molar-refractivity contribution in [3.8, 4) is 16.9 Å². The summed E-state index contributed by atoms with van der Waals surface area (Å²) in [4.78, 5) is 25.0. The molecule has 5 aromatic carbocycles. The van der Waals surface area contributed by atoms with E-state index in [0.29, 0.717) is 43.8 Å². The number of benzene rings is 5. The highest BCUT2D eigenvalue weighted by Crippen LogP contribution is 2.43. The SMILES string of the molecule is O=C(O)c1ccccc1-c1c2ccc3cccc(O)c3c2oc2c1ccc1cccc(=O)c12. The molecule has 0 aliphatic carbocycles. The molecule has 0 atom stereocenters.